The normalized spacial score (nSPS) is 10.4. The molecule has 0 unspecified atom stereocenters. The summed E-state index contributed by atoms with van der Waals surface area (Å²) in [5.74, 6) is 0.463. The lowest BCUT2D eigenvalue weighted by molar-refractivity contribution is 1.12. The fourth-order valence-electron chi connectivity index (χ4n) is 0.965. The molecular formula is C10H9N5. The molecule has 0 saturated heterocycles. The largest absolute Gasteiger partial charge is 0.255 e. The van der Waals surface area contributed by atoms with Gasteiger partial charge in [0.2, 0.25) is 5.95 Å². The van der Waals surface area contributed by atoms with Crippen LogP contribution in [0.25, 0.3) is 0 Å². The number of nitrogens with one attached hydrogen (secondary N) is 1. The second kappa shape index (κ2) is 4.80. The Bertz CT molecular complexity index is 426. The van der Waals surface area contributed by atoms with Gasteiger partial charge in [-0.1, -0.05) is 6.07 Å². The molecule has 2 rings (SSSR count). The lowest BCUT2D eigenvalue weighted by Crippen LogP contribution is -1.95. The van der Waals surface area contributed by atoms with E-state index in [1.54, 1.807) is 30.9 Å². The fraction of sp³-hybridized carbons (Fsp3) is 0. The second-order valence-corrected chi connectivity index (χ2v) is 2.70. The Labute approximate surface area is 86.9 Å². The van der Waals surface area contributed by atoms with Crippen LogP contribution in [0.1, 0.15) is 5.69 Å². The van der Waals surface area contributed by atoms with Crippen molar-refractivity contribution >= 4 is 12.2 Å². The maximum absolute atomic E-state index is 4.08. The quantitative estimate of drug-likeness (QED) is 0.598. The zero-order valence-corrected chi connectivity index (χ0v) is 7.91. The Morgan fingerprint density at radius 1 is 1.00 bits per heavy atom. The van der Waals surface area contributed by atoms with Crippen LogP contribution in [0, 0.1) is 0 Å². The van der Waals surface area contributed by atoms with Gasteiger partial charge in [0.25, 0.3) is 0 Å². The third-order valence-electron chi connectivity index (χ3n) is 1.61. The Hall–Kier alpha value is -2.30. The highest BCUT2D eigenvalue weighted by atomic mass is 15.3. The highest BCUT2D eigenvalue weighted by Gasteiger charge is 1.88. The first-order valence-electron chi connectivity index (χ1n) is 4.42. The number of nitrogens with zero attached hydrogens (tertiary/aromatic N) is 4. The van der Waals surface area contributed by atoms with Crippen molar-refractivity contribution in [3.8, 4) is 0 Å². The topological polar surface area (TPSA) is 63.1 Å². The number of hydrogen-bond donors (Lipinski definition) is 1. The molecule has 5 heteroatoms. The van der Waals surface area contributed by atoms with Gasteiger partial charge >= 0.3 is 0 Å². The van der Waals surface area contributed by atoms with Crippen LogP contribution in [0.4, 0.5) is 5.95 Å². The second-order valence-electron chi connectivity index (χ2n) is 2.70. The molecule has 0 radical (unpaired) electrons. The molecular weight excluding hydrogens is 190 g/mol. The van der Waals surface area contributed by atoms with Gasteiger partial charge in [-0.2, -0.15) is 5.10 Å². The van der Waals surface area contributed by atoms with Crippen molar-refractivity contribution in [1.82, 2.24) is 15.0 Å². The molecule has 0 bridgehead atoms. The van der Waals surface area contributed by atoms with Crippen LogP contribution in [0.3, 0.4) is 0 Å². The summed E-state index contributed by atoms with van der Waals surface area (Å²) in [6.07, 6.45) is 6.61. The standard InChI is InChI=1S/C10H9N5/c1-2-5-11-9(4-1)8-14-15-10-12-6-3-7-13-10/h1-8H,(H,12,13,15)/b14-8+. The first kappa shape index (κ1) is 9.26. The average Bonchev–Trinajstić information content (AvgIpc) is 2.32. The summed E-state index contributed by atoms with van der Waals surface area (Å²) in [5, 5.41) is 3.95. The smallest absolute Gasteiger partial charge is 0.243 e. The van der Waals surface area contributed by atoms with Crippen molar-refractivity contribution in [3.05, 3.63) is 48.5 Å². The summed E-state index contributed by atoms with van der Waals surface area (Å²) in [6, 6.07) is 7.35. The van der Waals surface area contributed by atoms with E-state index in [2.05, 4.69) is 25.5 Å². The van der Waals surface area contributed by atoms with Crippen molar-refractivity contribution in [1.29, 1.82) is 0 Å². The summed E-state index contributed by atoms with van der Waals surface area (Å²) in [7, 11) is 0. The van der Waals surface area contributed by atoms with Gasteiger partial charge in [-0.05, 0) is 18.2 Å². The van der Waals surface area contributed by atoms with E-state index in [9.17, 15) is 0 Å². The molecule has 0 atom stereocenters. The number of rotatable bonds is 3. The molecule has 2 heterocycles. The van der Waals surface area contributed by atoms with E-state index in [-0.39, 0.29) is 0 Å². The Kier molecular flexibility index (Phi) is 2.97. The van der Waals surface area contributed by atoms with Gasteiger partial charge in [-0.15, -0.1) is 0 Å². The first-order valence-corrected chi connectivity index (χ1v) is 4.42. The van der Waals surface area contributed by atoms with E-state index < -0.39 is 0 Å². The molecule has 2 aromatic rings. The van der Waals surface area contributed by atoms with E-state index in [0.29, 0.717) is 5.95 Å². The molecule has 0 fully saturated rings. The van der Waals surface area contributed by atoms with E-state index >= 15 is 0 Å². The molecule has 1 N–H and O–H groups in total. The van der Waals surface area contributed by atoms with Crippen molar-refractivity contribution in [2.45, 2.75) is 0 Å². The van der Waals surface area contributed by atoms with Crippen LogP contribution in [-0.2, 0) is 0 Å². The molecule has 0 spiro atoms. The summed E-state index contributed by atoms with van der Waals surface area (Å²) in [5.41, 5.74) is 3.48. The van der Waals surface area contributed by atoms with E-state index in [4.69, 9.17) is 0 Å². The van der Waals surface area contributed by atoms with Gasteiger partial charge in [-0.25, -0.2) is 15.4 Å². The Morgan fingerprint density at radius 2 is 1.80 bits per heavy atom. The van der Waals surface area contributed by atoms with Crippen molar-refractivity contribution in [2.75, 3.05) is 5.43 Å². The van der Waals surface area contributed by atoms with Crippen LogP contribution in [0.15, 0.2) is 48.0 Å². The zero-order chi connectivity index (χ0) is 10.3. The van der Waals surface area contributed by atoms with Gasteiger partial charge in [0.1, 0.15) is 0 Å². The van der Waals surface area contributed by atoms with E-state index in [0.717, 1.165) is 5.69 Å². The molecule has 0 saturated carbocycles. The number of aromatic nitrogens is 3. The molecule has 0 aliphatic carbocycles. The number of hydrazone groups is 1. The fourth-order valence-corrected chi connectivity index (χ4v) is 0.965. The van der Waals surface area contributed by atoms with Crippen molar-refractivity contribution in [2.24, 2.45) is 5.10 Å². The Balaban J connectivity index is 1.97. The minimum absolute atomic E-state index is 0.463. The summed E-state index contributed by atoms with van der Waals surface area (Å²) < 4.78 is 0. The highest BCUT2D eigenvalue weighted by Crippen LogP contribution is 1.93. The van der Waals surface area contributed by atoms with Gasteiger partial charge in [0.05, 0.1) is 11.9 Å². The first-order chi connectivity index (χ1) is 7.45. The summed E-state index contributed by atoms with van der Waals surface area (Å²) in [6.45, 7) is 0. The van der Waals surface area contributed by atoms with Crippen LogP contribution >= 0.6 is 0 Å². The number of pyridine rings is 1. The molecule has 0 amide bonds. The van der Waals surface area contributed by atoms with Crippen LogP contribution in [-0.4, -0.2) is 21.2 Å². The predicted molar refractivity (Wildman–Crippen MR) is 57.5 cm³/mol. The predicted octanol–water partition coefficient (Wildman–Crippen LogP) is 1.32. The van der Waals surface area contributed by atoms with Crippen LogP contribution in [0.2, 0.25) is 0 Å². The minimum atomic E-state index is 0.463. The SMILES string of the molecule is C(=N\Nc1ncccn1)/c1ccccn1. The molecule has 15 heavy (non-hydrogen) atoms. The third-order valence-corrected chi connectivity index (χ3v) is 1.61. The van der Waals surface area contributed by atoms with E-state index in [1.165, 1.54) is 0 Å². The van der Waals surface area contributed by atoms with Gasteiger partial charge in [0, 0.05) is 18.6 Å². The lowest BCUT2D eigenvalue weighted by atomic mass is 10.4. The van der Waals surface area contributed by atoms with Crippen LogP contribution in [0.5, 0.6) is 0 Å². The van der Waals surface area contributed by atoms with Crippen LogP contribution < -0.4 is 5.43 Å². The van der Waals surface area contributed by atoms with Gasteiger partial charge in [-0.3, -0.25) is 4.98 Å². The summed E-state index contributed by atoms with van der Waals surface area (Å²) >= 11 is 0. The molecule has 0 aliphatic heterocycles. The molecule has 0 aromatic carbocycles. The Morgan fingerprint density at radius 3 is 2.53 bits per heavy atom. The minimum Gasteiger partial charge on any atom is -0.255 e. The molecule has 5 nitrogen and oxygen atoms in total. The van der Waals surface area contributed by atoms with Crippen molar-refractivity contribution in [3.63, 3.8) is 0 Å². The van der Waals surface area contributed by atoms with E-state index in [1.807, 2.05) is 18.2 Å². The number of anilines is 1. The average molecular weight is 199 g/mol. The van der Waals surface area contributed by atoms with Crippen molar-refractivity contribution < 1.29 is 0 Å². The maximum atomic E-state index is 4.08. The number of hydrogen-bond acceptors (Lipinski definition) is 5. The lowest BCUT2D eigenvalue weighted by Gasteiger charge is -1.95. The van der Waals surface area contributed by atoms with Gasteiger partial charge in [0.15, 0.2) is 0 Å². The third kappa shape index (κ3) is 2.84. The van der Waals surface area contributed by atoms with Gasteiger partial charge < -0.3 is 0 Å². The zero-order valence-electron chi connectivity index (χ0n) is 7.91. The molecule has 74 valence electrons. The molecule has 2 aromatic heterocycles. The highest BCUT2D eigenvalue weighted by molar-refractivity contribution is 5.77. The maximum Gasteiger partial charge on any atom is 0.243 e. The summed E-state index contributed by atoms with van der Waals surface area (Å²) in [4.78, 5) is 12.0. The molecule has 0 aliphatic rings. The monoisotopic (exact) mass is 199 g/mol.